The molecule has 0 radical (unpaired) electrons. The van der Waals surface area contributed by atoms with E-state index in [1.807, 2.05) is 62.4 Å². The fourth-order valence-corrected chi connectivity index (χ4v) is 3.90. The average Bonchev–Trinajstić information content (AvgIpc) is 2.55. The van der Waals surface area contributed by atoms with Crippen molar-refractivity contribution in [3.05, 3.63) is 69.7 Å². The Morgan fingerprint density at radius 2 is 1.17 bits per heavy atom. The molecule has 1 heterocycles. The zero-order valence-corrected chi connectivity index (χ0v) is 14.6. The molecule has 4 atom stereocenters. The molecule has 1 saturated heterocycles. The molecule has 0 spiro atoms. The Morgan fingerprint density at radius 3 is 1.57 bits per heavy atom. The van der Waals surface area contributed by atoms with Crippen LogP contribution < -0.4 is 5.32 Å². The van der Waals surface area contributed by atoms with Gasteiger partial charge in [-0.05, 0) is 23.3 Å². The predicted octanol–water partition coefficient (Wildman–Crippen LogP) is 5.22. The molecule has 1 aliphatic rings. The number of carbonyl (C=O) groups excluding carboxylic acids is 1. The van der Waals surface area contributed by atoms with E-state index in [9.17, 15) is 4.79 Å². The van der Waals surface area contributed by atoms with Crippen LogP contribution in [0.1, 0.15) is 37.1 Å². The number of hydrogen-bond donors (Lipinski definition) is 1. The highest BCUT2D eigenvalue weighted by atomic mass is 35.5. The van der Waals surface area contributed by atoms with Crippen molar-refractivity contribution in [2.45, 2.75) is 25.9 Å². The van der Waals surface area contributed by atoms with E-state index < -0.39 is 0 Å². The summed E-state index contributed by atoms with van der Waals surface area (Å²) in [5, 5.41) is 4.96. The third-order valence-electron chi connectivity index (χ3n) is 4.74. The minimum atomic E-state index is -0.136. The second kappa shape index (κ2) is 6.64. The van der Waals surface area contributed by atoms with E-state index >= 15 is 0 Å². The van der Waals surface area contributed by atoms with Crippen molar-refractivity contribution >= 4 is 29.0 Å². The summed E-state index contributed by atoms with van der Waals surface area (Å²) in [4.78, 5) is 12.8. The molecule has 2 aromatic carbocycles. The van der Waals surface area contributed by atoms with Gasteiger partial charge in [-0.2, -0.15) is 0 Å². The van der Waals surface area contributed by atoms with E-state index in [2.05, 4.69) is 5.32 Å². The molecule has 23 heavy (non-hydrogen) atoms. The zero-order valence-electron chi connectivity index (χ0n) is 13.1. The standard InChI is InChI=1S/C19H19Cl2NO/c1-11-17(13-7-3-5-9-15(13)20)22-18(12(2)19(11)23)14-8-4-6-10-16(14)21/h3-12,17-18,22H,1-2H3/t11-,12-,17-,18+/m0/s1. The highest BCUT2D eigenvalue weighted by Crippen LogP contribution is 2.41. The van der Waals surface area contributed by atoms with E-state index in [0.29, 0.717) is 10.0 Å². The van der Waals surface area contributed by atoms with Crippen LogP contribution in [0, 0.1) is 11.8 Å². The molecule has 2 nitrogen and oxygen atoms in total. The van der Waals surface area contributed by atoms with Crippen molar-refractivity contribution in [1.82, 2.24) is 5.32 Å². The Labute approximate surface area is 146 Å². The van der Waals surface area contributed by atoms with Gasteiger partial charge in [0.2, 0.25) is 0 Å². The first-order valence-electron chi connectivity index (χ1n) is 7.79. The van der Waals surface area contributed by atoms with Crippen LogP contribution in [0.2, 0.25) is 10.0 Å². The summed E-state index contributed by atoms with van der Waals surface area (Å²) >= 11 is 12.7. The summed E-state index contributed by atoms with van der Waals surface area (Å²) in [6.45, 7) is 3.92. The minimum absolute atomic E-state index is 0.117. The van der Waals surface area contributed by atoms with Gasteiger partial charge in [-0.15, -0.1) is 0 Å². The number of hydrogen-bond acceptors (Lipinski definition) is 2. The van der Waals surface area contributed by atoms with Gasteiger partial charge in [0.15, 0.2) is 0 Å². The molecule has 0 saturated carbocycles. The van der Waals surface area contributed by atoms with Crippen molar-refractivity contribution < 1.29 is 4.79 Å². The maximum Gasteiger partial charge on any atom is 0.142 e. The van der Waals surface area contributed by atoms with Crippen molar-refractivity contribution in [1.29, 1.82) is 0 Å². The number of nitrogens with one attached hydrogen (secondary N) is 1. The van der Waals surface area contributed by atoms with E-state index in [0.717, 1.165) is 11.1 Å². The maximum absolute atomic E-state index is 12.8. The lowest BCUT2D eigenvalue weighted by Gasteiger charge is -2.40. The van der Waals surface area contributed by atoms with E-state index in [1.54, 1.807) is 0 Å². The lowest BCUT2D eigenvalue weighted by Crippen LogP contribution is -2.46. The minimum Gasteiger partial charge on any atom is -0.302 e. The van der Waals surface area contributed by atoms with Crippen LogP contribution in [0.5, 0.6) is 0 Å². The normalized spacial score (nSPS) is 27.9. The SMILES string of the molecule is C[C@@H]1C(=O)[C@@H](C)[C@H](c2ccccc2Cl)N[C@@H]1c1ccccc1Cl. The van der Waals surface area contributed by atoms with Crippen LogP contribution >= 0.6 is 23.2 Å². The van der Waals surface area contributed by atoms with E-state index in [-0.39, 0.29) is 29.7 Å². The Hall–Kier alpha value is -1.35. The van der Waals surface area contributed by atoms with Gasteiger partial charge in [-0.3, -0.25) is 4.79 Å². The smallest absolute Gasteiger partial charge is 0.142 e. The summed E-state index contributed by atoms with van der Waals surface area (Å²) in [6.07, 6.45) is 0. The lowest BCUT2D eigenvalue weighted by molar-refractivity contribution is -0.130. The van der Waals surface area contributed by atoms with Crippen LogP contribution in [0.25, 0.3) is 0 Å². The second-order valence-electron chi connectivity index (χ2n) is 6.14. The molecule has 0 bridgehead atoms. The molecular formula is C19H19Cl2NO. The lowest BCUT2D eigenvalue weighted by atomic mass is 9.76. The first-order chi connectivity index (χ1) is 11.0. The molecule has 1 fully saturated rings. The number of Topliss-reactive ketones (excluding diaryl/α,β-unsaturated/α-hetero) is 1. The molecule has 0 aliphatic carbocycles. The maximum atomic E-state index is 12.8. The number of benzene rings is 2. The third kappa shape index (κ3) is 3.03. The molecule has 1 aliphatic heterocycles. The Balaban J connectivity index is 2.02. The van der Waals surface area contributed by atoms with Crippen LogP contribution in [0.4, 0.5) is 0 Å². The van der Waals surface area contributed by atoms with Gasteiger partial charge in [-0.1, -0.05) is 73.4 Å². The summed E-state index contributed by atoms with van der Waals surface area (Å²) in [6, 6.07) is 15.1. The highest BCUT2D eigenvalue weighted by Gasteiger charge is 2.41. The second-order valence-corrected chi connectivity index (χ2v) is 6.96. The Kier molecular flexibility index (Phi) is 4.77. The quantitative estimate of drug-likeness (QED) is 0.806. The number of rotatable bonds is 2. The molecule has 0 amide bonds. The van der Waals surface area contributed by atoms with Gasteiger partial charge in [0.1, 0.15) is 5.78 Å². The fraction of sp³-hybridized carbons (Fsp3) is 0.316. The van der Waals surface area contributed by atoms with Gasteiger partial charge in [0.05, 0.1) is 0 Å². The fourth-order valence-electron chi connectivity index (χ4n) is 3.40. The van der Waals surface area contributed by atoms with E-state index in [1.165, 1.54) is 0 Å². The van der Waals surface area contributed by atoms with Gasteiger partial charge in [0, 0.05) is 34.0 Å². The molecule has 2 aromatic rings. The molecule has 0 aromatic heterocycles. The van der Waals surface area contributed by atoms with Crippen molar-refractivity contribution in [3.8, 4) is 0 Å². The summed E-state index contributed by atoms with van der Waals surface area (Å²) < 4.78 is 0. The summed E-state index contributed by atoms with van der Waals surface area (Å²) in [5.74, 6) is -0.0362. The van der Waals surface area contributed by atoms with Crippen molar-refractivity contribution in [3.63, 3.8) is 0 Å². The molecule has 120 valence electrons. The van der Waals surface area contributed by atoms with Gasteiger partial charge >= 0.3 is 0 Å². The van der Waals surface area contributed by atoms with Gasteiger partial charge in [0.25, 0.3) is 0 Å². The predicted molar refractivity (Wildman–Crippen MR) is 94.9 cm³/mol. The van der Waals surface area contributed by atoms with E-state index in [4.69, 9.17) is 23.2 Å². The largest absolute Gasteiger partial charge is 0.302 e. The third-order valence-corrected chi connectivity index (χ3v) is 5.43. The van der Waals surface area contributed by atoms with Crippen LogP contribution in [0.3, 0.4) is 0 Å². The Bertz CT molecular complexity index is 671. The number of carbonyl (C=O) groups is 1. The van der Waals surface area contributed by atoms with Gasteiger partial charge in [-0.25, -0.2) is 0 Å². The van der Waals surface area contributed by atoms with Crippen LogP contribution in [0.15, 0.2) is 48.5 Å². The average molecular weight is 348 g/mol. The highest BCUT2D eigenvalue weighted by molar-refractivity contribution is 6.31. The monoisotopic (exact) mass is 347 g/mol. The molecule has 4 heteroatoms. The number of ketones is 1. The number of halogens is 2. The van der Waals surface area contributed by atoms with Crippen LogP contribution in [-0.2, 0) is 4.79 Å². The van der Waals surface area contributed by atoms with Crippen LogP contribution in [-0.4, -0.2) is 5.78 Å². The zero-order chi connectivity index (χ0) is 16.6. The molecule has 3 rings (SSSR count). The first-order valence-corrected chi connectivity index (χ1v) is 8.55. The molecule has 0 unspecified atom stereocenters. The Morgan fingerprint density at radius 1 is 0.783 bits per heavy atom. The van der Waals surface area contributed by atoms with Gasteiger partial charge < -0.3 is 5.32 Å². The summed E-state index contributed by atoms with van der Waals surface area (Å²) in [7, 11) is 0. The van der Waals surface area contributed by atoms with Crippen molar-refractivity contribution in [2.24, 2.45) is 11.8 Å². The number of piperidine rings is 1. The molecular weight excluding hydrogens is 329 g/mol. The van der Waals surface area contributed by atoms with Crippen molar-refractivity contribution in [2.75, 3.05) is 0 Å². The topological polar surface area (TPSA) is 29.1 Å². The summed E-state index contributed by atoms with van der Waals surface area (Å²) in [5.41, 5.74) is 1.91. The first kappa shape index (κ1) is 16.5. The molecule has 1 N–H and O–H groups in total.